The summed E-state index contributed by atoms with van der Waals surface area (Å²) in [6.45, 7) is 0. The molecule has 2 aromatic carbocycles. The summed E-state index contributed by atoms with van der Waals surface area (Å²) < 4.78 is 0. The minimum atomic E-state index is -0.264. The largest absolute Gasteiger partial charge is 0.248 e. The summed E-state index contributed by atoms with van der Waals surface area (Å²) in [7, 11) is 0. The molecule has 0 atom stereocenters. The molecule has 9 heteroatoms. The van der Waals surface area contributed by atoms with Gasteiger partial charge in [-0.1, -0.05) is 18.2 Å². The molecule has 0 saturated heterocycles. The number of nitriles is 8. The third-order valence-corrected chi connectivity index (χ3v) is 6.81. The molecule has 1 aromatic heterocycles. The zero-order chi connectivity index (χ0) is 30.0. The maximum atomic E-state index is 10.2. The Morgan fingerprint density at radius 3 is 1.21 bits per heavy atom. The van der Waals surface area contributed by atoms with E-state index in [9.17, 15) is 42.1 Å². The van der Waals surface area contributed by atoms with E-state index in [1.165, 1.54) is 24.3 Å². The first-order chi connectivity index (χ1) is 20.5. The van der Waals surface area contributed by atoms with E-state index in [0.717, 1.165) is 0 Å². The van der Waals surface area contributed by atoms with Crippen LogP contribution >= 0.6 is 0 Å². The van der Waals surface area contributed by atoms with Gasteiger partial charge in [-0.2, -0.15) is 42.1 Å². The summed E-state index contributed by atoms with van der Waals surface area (Å²) in [5, 5.41) is 78.4. The van der Waals surface area contributed by atoms with Gasteiger partial charge in [-0.3, -0.25) is 0 Å². The van der Waals surface area contributed by atoms with Gasteiger partial charge in [0.15, 0.2) is 0 Å². The van der Waals surface area contributed by atoms with Crippen molar-refractivity contribution < 1.29 is 0 Å². The Balaban J connectivity index is 1.85. The second kappa shape index (κ2) is 10.3. The highest BCUT2D eigenvalue weighted by molar-refractivity contribution is 6.27. The van der Waals surface area contributed by atoms with Crippen LogP contribution in [0.1, 0.15) is 44.8 Å². The third kappa shape index (κ3) is 3.76. The van der Waals surface area contributed by atoms with Crippen LogP contribution < -0.4 is 0 Å². The summed E-state index contributed by atoms with van der Waals surface area (Å²) >= 11 is 0. The van der Waals surface area contributed by atoms with Crippen molar-refractivity contribution >= 4 is 33.4 Å². The second-order valence-corrected chi connectivity index (χ2v) is 8.82. The molecule has 0 fully saturated rings. The van der Waals surface area contributed by atoms with E-state index < -0.39 is 0 Å². The molecule has 0 N–H and O–H groups in total. The average Bonchev–Trinajstić information content (AvgIpc) is 3.54. The lowest BCUT2D eigenvalue weighted by Gasteiger charge is -2.12. The van der Waals surface area contributed by atoms with Crippen LogP contribution in [0, 0.1) is 90.6 Å². The monoisotopic (exact) mass is 531 g/mol. The number of aromatic nitrogens is 1. The molecule has 2 aliphatic carbocycles. The van der Waals surface area contributed by atoms with Gasteiger partial charge in [-0.05, 0) is 47.5 Å². The fourth-order valence-corrected chi connectivity index (χ4v) is 5.12. The van der Waals surface area contributed by atoms with Crippen molar-refractivity contribution in [1.29, 1.82) is 42.1 Å². The Morgan fingerprint density at radius 1 is 0.476 bits per heavy atom. The highest BCUT2D eigenvalue weighted by Crippen LogP contribution is 2.50. The highest BCUT2D eigenvalue weighted by Gasteiger charge is 2.34. The molecule has 186 valence electrons. The number of benzene rings is 2. The number of nitrogens with zero attached hydrogens (tertiary/aromatic N) is 9. The number of rotatable bonds is 2. The van der Waals surface area contributed by atoms with Crippen LogP contribution in [-0.2, 0) is 0 Å². The van der Waals surface area contributed by atoms with Crippen molar-refractivity contribution in [3.05, 3.63) is 111 Å². The van der Waals surface area contributed by atoms with Gasteiger partial charge in [0.1, 0.15) is 47.6 Å². The van der Waals surface area contributed by atoms with Gasteiger partial charge < -0.3 is 0 Å². The highest BCUT2D eigenvalue weighted by atomic mass is 14.7. The number of hydrogen-bond acceptors (Lipinski definition) is 9. The Bertz CT molecular complexity index is 2080. The molecule has 0 unspecified atom stereocenters. The second-order valence-electron chi connectivity index (χ2n) is 8.82. The lowest BCUT2D eigenvalue weighted by Crippen LogP contribution is -1.99. The predicted octanol–water partition coefficient (Wildman–Crippen LogP) is 5.32. The minimum Gasteiger partial charge on any atom is -0.248 e. The van der Waals surface area contributed by atoms with Gasteiger partial charge >= 0.3 is 0 Å². The molecule has 42 heavy (non-hydrogen) atoms. The van der Waals surface area contributed by atoms with Crippen LogP contribution in [0.25, 0.3) is 33.4 Å². The minimum absolute atomic E-state index is 0.0955. The third-order valence-electron chi connectivity index (χ3n) is 6.81. The Morgan fingerprint density at radius 2 is 0.881 bits per heavy atom. The Hall–Kier alpha value is -7.53. The molecule has 0 saturated carbocycles. The molecule has 0 bridgehead atoms. The summed E-state index contributed by atoms with van der Waals surface area (Å²) in [5.74, 6) is 0. The quantitative estimate of drug-likeness (QED) is 0.392. The number of fused-ring (bicyclic) bond motifs is 2. The Kier molecular flexibility index (Phi) is 6.41. The van der Waals surface area contributed by atoms with Crippen molar-refractivity contribution in [2.24, 2.45) is 0 Å². The van der Waals surface area contributed by atoms with Crippen molar-refractivity contribution in [3.63, 3.8) is 0 Å². The molecule has 9 nitrogen and oxygen atoms in total. The van der Waals surface area contributed by atoms with Crippen LogP contribution in [0.5, 0.6) is 0 Å². The van der Waals surface area contributed by atoms with E-state index in [2.05, 4.69) is 12.1 Å². The van der Waals surface area contributed by atoms with E-state index in [-0.39, 0.29) is 67.1 Å². The van der Waals surface area contributed by atoms with Gasteiger partial charge in [-0.25, -0.2) is 4.98 Å². The fraction of sp³-hybridized carbons (Fsp3) is 0. The molecule has 0 aliphatic heterocycles. The summed E-state index contributed by atoms with van der Waals surface area (Å²) in [4.78, 5) is 4.73. The lowest BCUT2D eigenvalue weighted by atomic mass is 9.93. The lowest BCUT2D eigenvalue weighted by molar-refractivity contribution is 1.25. The zero-order valence-electron chi connectivity index (χ0n) is 21.2. The summed E-state index contributed by atoms with van der Waals surface area (Å²) in [6, 6.07) is 29.7. The SMILES string of the molecule is N#CC(C#N)=C1C(c2cccc(C3=C(C#N)c4cc(C#N)ccc4C3=C(C#N)C#N)n2)=C(C#N)c2cc(C#N)ccc21. The van der Waals surface area contributed by atoms with E-state index in [1.807, 2.05) is 36.4 Å². The van der Waals surface area contributed by atoms with Crippen molar-refractivity contribution in [1.82, 2.24) is 4.98 Å². The molecule has 0 amide bonds. The van der Waals surface area contributed by atoms with Gasteiger partial charge in [0.05, 0.1) is 45.8 Å². The Labute approximate surface area is 239 Å². The predicted molar refractivity (Wildman–Crippen MR) is 148 cm³/mol. The zero-order valence-corrected chi connectivity index (χ0v) is 21.2. The van der Waals surface area contributed by atoms with Gasteiger partial charge in [0.25, 0.3) is 0 Å². The average molecular weight is 531 g/mol. The van der Waals surface area contributed by atoms with Crippen LogP contribution in [-0.4, -0.2) is 4.98 Å². The maximum Gasteiger partial charge on any atom is 0.138 e. The van der Waals surface area contributed by atoms with E-state index >= 15 is 0 Å². The number of allylic oxidation sites excluding steroid dienone is 8. The first-order valence-electron chi connectivity index (χ1n) is 12.0. The van der Waals surface area contributed by atoms with Crippen molar-refractivity contribution in [2.75, 3.05) is 0 Å². The van der Waals surface area contributed by atoms with Crippen molar-refractivity contribution in [2.45, 2.75) is 0 Å². The fourth-order valence-electron chi connectivity index (χ4n) is 5.12. The molecule has 0 radical (unpaired) electrons. The summed E-state index contributed by atoms with van der Waals surface area (Å²) in [6.07, 6.45) is 0. The van der Waals surface area contributed by atoms with Gasteiger partial charge in [-0.15, -0.1) is 0 Å². The molecular formula is C33H9N9. The van der Waals surface area contributed by atoms with E-state index in [0.29, 0.717) is 22.3 Å². The molecule has 3 aromatic rings. The maximum absolute atomic E-state index is 10.2. The number of hydrogen-bond donors (Lipinski definition) is 0. The smallest absolute Gasteiger partial charge is 0.138 e. The topological polar surface area (TPSA) is 203 Å². The van der Waals surface area contributed by atoms with Crippen LogP contribution in [0.2, 0.25) is 0 Å². The van der Waals surface area contributed by atoms with Crippen LogP contribution in [0.3, 0.4) is 0 Å². The molecular weight excluding hydrogens is 522 g/mol. The normalized spacial score (nSPS) is 12.3. The first-order valence-corrected chi connectivity index (χ1v) is 12.0. The molecule has 0 spiro atoms. The van der Waals surface area contributed by atoms with E-state index in [4.69, 9.17) is 4.98 Å². The first kappa shape index (κ1) is 26.1. The van der Waals surface area contributed by atoms with Gasteiger partial charge in [0.2, 0.25) is 0 Å². The van der Waals surface area contributed by atoms with Crippen LogP contribution in [0.4, 0.5) is 0 Å². The standard InChI is InChI=1S/C33H9N9/c34-10-18-4-6-22-24(8-18)26(16-40)32(30(22)20(12-36)13-37)28-2-1-3-29(42-28)33-27(17-41)25-9-19(11-35)5-7-23(25)31(33)21(14-38)15-39/h1-9H. The summed E-state index contributed by atoms with van der Waals surface area (Å²) in [5.41, 5.74) is 2.87. The molecule has 2 aliphatic rings. The van der Waals surface area contributed by atoms with Gasteiger partial charge in [0, 0.05) is 33.4 Å². The molecule has 5 rings (SSSR count). The van der Waals surface area contributed by atoms with E-state index in [1.54, 1.807) is 30.3 Å². The van der Waals surface area contributed by atoms with Crippen molar-refractivity contribution in [3.8, 4) is 48.6 Å². The number of pyridine rings is 1. The van der Waals surface area contributed by atoms with Crippen LogP contribution in [0.15, 0.2) is 65.7 Å². The molecule has 1 heterocycles.